The SMILES string of the molecule is C=C(C)[C@H]1CC[C@]2(C)C[C@H]1c1c(c(C)cc3c1[nH]c1c([C@H]4CC(C)(C)Oc5c(C)cc6c([nH]c7ccccc76)c54)cccc13)O2. The summed E-state index contributed by atoms with van der Waals surface area (Å²) >= 11 is 0. The fourth-order valence-electron chi connectivity index (χ4n) is 9.39. The molecular formula is C41H42N2O2. The monoisotopic (exact) mass is 594 g/mol. The Bertz CT molecular complexity index is 2250. The number of aryl methyl sites for hydroxylation is 2. The van der Waals surface area contributed by atoms with Gasteiger partial charge >= 0.3 is 0 Å². The number of ether oxygens (including phenoxy) is 2. The molecule has 0 radical (unpaired) electrons. The molecule has 2 aromatic heterocycles. The second-order valence-electron chi connectivity index (χ2n) is 15.3. The highest BCUT2D eigenvalue weighted by molar-refractivity contribution is 6.12. The molecule has 4 heteroatoms. The molecule has 4 nitrogen and oxygen atoms in total. The Morgan fingerprint density at radius 2 is 1.47 bits per heavy atom. The fourth-order valence-corrected chi connectivity index (χ4v) is 9.39. The van der Waals surface area contributed by atoms with Crippen molar-refractivity contribution in [1.82, 2.24) is 9.97 Å². The molecular weight excluding hydrogens is 552 g/mol. The predicted octanol–water partition coefficient (Wildman–Crippen LogP) is 10.9. The van der Waals surface area contributed by atoms with E-state index >= 15 is 0 Å². The van der Waals surface area contributed by atoms with Crippen molar-refractivity contribution in [2.75, 3.05) is 0 Å². The van der Waals surface area contributed by atoms with Crippen LogP contribution in [0.2, 0.25) is 0 Å². The molecule has 1 fully saturated rings. The van der Waals surface area contributed by atoms with Gasteiger partial charge in [-0.2, -0.15) is 0 Å². The lowest BCUT2D eigenvalue weighted by Crippen LogP contribution is -2.44. The topological polar surface area (TPSA) is 50.0 Å². The van der Waals surface area contributed by atoms with Gasteiger partial charge in [0.25, 0.3) is 0 Å². The van der Waals surface area contributed by atoms with Gasteiger partial charge in [0.2, 0.25) is 0 Å². The summed E-state index contributed by atoms with van der Waals surface area (Å²) in [7, 11) is 0. The second-order valence-corrected chi connectivity index (χ2v) is 15.3. The summed E-state index contributed by atoms with van der Waals surface area (Å²) in [5, 5.41) is 5.12. The largest absolute Gasteiger partial charge is 0.487 e. The average Bonchev–Trinajstić information content (AvgIpc) is 3.54. The quantitative estimate of drug-likeness (QED) is 0.196. The number of hydrogen-bond donors (Lipinski definition) is 2. The molecule has 4 heterocycles. The Labute approximate surface area is 264 Å². The number of fused-ring (bicyclic) bond motifs is 13. The lowest BCUT2D eigenvalue weighted by Gasteiger charge is -2.48. The van der Waals surface area contributed by atoms with E-state index < -0.39 is 0 Å². The lowest BCUT2D eigenvalue weighted by molar-refractivity contribution is 0.00731. The fraction of sp³-hybridized carbons (Fsp3) is 0.366. The van der Waals surface area contributed by atoms with Crippen LogP contribution in [-0.2, 0) is 0 Å². The van der Waals surface area contributed by atoms with Crippen molar-refractivity contribution in [3.05, 3.63) is 94.6 Å². The van der Waals surface area contributed by atoms with Gasteiger partial charge in [0.15, 0.2) is 0 Å². The van der Waals surface area contributed by atoms with Gasteiger partial charge in [-0.1, -0.05) is 48.6 Å². The van der Waals surface area contributed by atoms with Crippen LogP contribution in [0, 0.1) is 19.8 Å². The van der Waals surface area contributed by atoms with E-state index in [-0.39, 0.29) is 17.1 Å². The van der Waals surface area contributed by atoms with Crippen molar-refractivity contribution in [3.8, 4) is 11.5 Å². The minimum atomic E-state index is -0.304. The van der Waals surface area contributed by atoms with Crippen molar-refractivity contribution in [1.29, 1.82) is 0 Å². The number of H-pyrrole nitrogens is 2. The van der Waals surface area contributed by atoms with E-state index in [1.807, 2.05) is 0 Å². The first kappa shape index (κ1) is 27.2. The third-order valence-corrected chi connectivity index (χ3v) is 11.4. The number of nitrogens with one attached hydrogen (secondary N) is 2. The van der Waals surface area contributed by atoms with Gasteiger partial charge in [-0.3, -0.25) is 0 Å². The van der Waals surface area contributed by atoms with Crippen LogP contribution in [0.15, 0.2) is 66.7 Å². The smallest absolute Gasteiger partial charge is 0.128 e. The maximum absolute atomic E-state index is 6.89. The van der Waals surface area contributed by atoms with Gasteiger partial charge in [0.1, 0.15) is 22.7 Å². The van der Waals surface area contributed by atoms with Gasteiger partial charge in [0.05, 0.1) is 16.6 Å². The number of allylic oxidation sites excluding steroid dienone is 1. The van der Waals surface area contributed by atoms with Crippen LogP contribution in [-0.4, -0.2) is 21.2 Å². The Morgan fingerprint density at radius 3 is 2.24 bits per heavy atom. The Hall–Kier alpha value is -4.18. The van der Waals surface area contributed by atoms with Gasteiger partial charge in [-0.15, -0.1) is 0 Å². The van der Waals surface area contributed by atoms with E-state index in [4.69, 9.17) is 9.47 Å². The third-order valence-electron chi connectivity index (χ3n) is 11.4. The number of benzene rings is 4. The standard InChI is InChI=1S/C41H42N2O2/c1-21(2)24-15-16-41(7)20-31(24)34-37-29(18-23(4)39(34)45-41)26-12-10-13-27(35(26)43-37)30-19-40(5,6)44-38-22(3)17-28-25-11-8-9-14-32(25)42-36(28)33(30)38/h8-14,17-18,24,30-31,42-43H,1,15-16,19-20H2,2-7H3/t24-,30-,31-,41-/m1/s1. The zero-order valence-corrected chi connectivity index (χ0v) is 27.3. The first-order chi connectivity index (χ1) is 21.5. The summed E-state index contributed by atoms with van der Waals surface area (Å²) < 4.78 is 13.7. The molecule has 4 atom stereocenters. The maximum atomic E-state index is 6.89. The summed E-state index contributed by atoms with van der Waals surface area (Å²) in [4.78, 5) is 7.87. The molecule has 228 valence electrons. The van der Waals surface area contributed by atoms with Crippen LogP contribution in [0.1, 0.15) is 93.0 Å². The zero-order chi connectivity index (χ0) is 31.0. The highest BCUT2D eigenvalue weighted by Crippen LogP contribution is 2.57. The molecule has 2 N–H and O–H groups in total. The van der Waals surface area contributed by atoms with E-state index in [1.54, 1.807) is 0 Å². The molecule has 0 spiro atoms. The molecule has 45 heavy (non-hydrogen) atoms. The molecule has 1 saturated carbocycles. The third kappa shape index (κ3) is 3.78. The second kappa shape index (κ2) is 8.96. The summed E-state index contributed by atoms with van der Waals surface area (Å²) in [6, 6.07) is 20.2. The molecule has 0 amide bonds. The van der Waals surface area contributed by atoms with E-state index in [0.29, 0.717) is 11.8 Å². The number of aromatic nitrogens is 2. The van der Waals surface area contributed by atoms with Crippen molar-refractivity contribution >= 4 is 43.6 Å². The van der Waals surface area contributed by atoms with Crippen molar-refractivity contribution in [2.24, 2.45) is 5.92 Å². The molecule has 1 aliphatic carbocycles. The van der Waals surface area contributed by atoms with E-state index in [9.17, 15) is 0 Å². The number of rotatable bonds is 2. The first-order valence-electron chi connectivity index (χ1n) is 16.7. The Balaban J connectivity index is 1.33. The summed E-state index contributed by atoms with van der Waals surface area (Å²) in [5.74, 6) is 3.15. The van der Waals surface area contributed by atoms with Crippen LogP contribution in [0.4, 0.5) is 0 Å². The highest BCUT2D eigenvalue weighted by Gasteiger charge is 2.47. The molecule has 2 aliphatic heterocycles. The Kier molecular flexibility index (Phi) is 5.41. The molecule has 4 aromatic carbocycles. The summed E-state index contributed by atoms with van der Waals surface area (Å²) in [6.45, 7) is 17.9. The molecule has 2 bridgehead atoms. The molecule has 3 aliphatic rings. The maximum Gasteiger partial charge on any atom is 0.128 e. The van der Waals surface area contributed by atoms with Crippen LogP contribution in [0.25, 0.3) is 43.6 Å². The molecule has 0 unspecified atom stereocenters. The molecule has 0 saturated heterocycles. The van der Waals surface area contributed by atoms with Crippen LogP contribution < -0.4 is 9.47 Å². The first-order valence-corrected chi connectivity index (χ1v) is 16.7. The van der Waals surface area contributed by atoms with E-state index in [1.165, 1.54) is 77.0 Å². The van der Waals surface area contributed by atoms with E-state index in [0.717, 1.165) is 37.2 Å². The van der Waals surface area contributed by atoms with Crippen LogP contribution >= 0.6 is 0 Å². The van der Waals surface area contributed by atoms with Gasteiger partial charge < -0.3 is 19.4 Å². The minimum absolute atomic E-state index is 0.112. The van der Waals surface area contributed by atoms with E-state index in [2.05, 4.69) is 113 Å². The van der Waals surface area contributed by atoms with Crippen molar-refractivity contribution < 1.29 is 9.47 Å². The van der Waals surface area contributed by atoms with Gasteiger partial charge in [-0.25, -0.2) is 0 Å². The number of aromatic amines is 2. The van der Waals surface area contributed by atoms with Gasteiger partial charge in [-0.05, 0) is 114 Å². The zero-order valence-electron chi connectivity index (χ0n) is 27.3. The Morgan fingerprint density at radius 1 is 0.778 bits per heavy atom. The van der Waals surface area contributed by atoms with Crippen LogP contribution in [0.5, 0.6) is 11.5 Å². The number of para-hydroxylation sites is 2. The lowest BCUT2D eigenvalue weighted by atomic mass is 9.65. The van der Waals surface area contributed by atoms with Crippen molar-refractivity contribution in [2.45, 2.75) is 90.3 Å². The highest BCUT2D eigenvalue weighted by atomic mass is 16.5. The number of hydrogen-bond acceptors (Lipinski definition) is 2. The molecule has 6 aromatic rings. The van der Waals surface area contributed by atoms with Crippen LogP contribution in [0.3, 0.4) is 0 Å². The normalized spacial score (nSPS) is 25.2. The average molecular weight is 595 g/mol. The molecule has 9 rings (SSSR count). The summed E-state index contributed by atoms with van der Waals surface area (Å²) in [6.07, 6.45) is 4.14. The predicted molar refractivity (Wildman–Crippen MR) is 186 cm³/mol. The van der Waals surface area contributed by atoms with Gasteiger partial charge in [0, 0.05) is 44.1 Å². The van der Waals surface area contributed by atoms with Crippen molar-refractivity contribution in [3.63, 3.8) is 0 Å². The minimum Gasteiger partial charge on any atom is -0.487 e. The summed E-state index contributed by atoms with van der Waals surface area (Å²) in [5.41, 5.74) is 12.1.